The van der Waals surface area contributed by atoms with E-state index in [2.05, 4.69) is 5.32 Å². The monoisotopic (exact) mass is 311 g/mol. The van der Waals surface area contributed by atoms with E-state index >= 15 is 0 Å². The van der Waals surface area contributed by atoms with Crippen LogP contribution in [0.25, 0.3) is 0 Å². The Morgan fingerprint density at radius 1 is 1.14 bits per heavy atom. The van der Waals surface area contributed by atoms with Crippen LogP contribution in [0.15, 0.2) is 12.1 Å². The Labute approximate surface area is 130 Å². The van der Waals surface area contributed by atoms with Crippen LogP contribution < -0.4 is 14.8 Å². The molecule has 0 aromatic heterocycles. The number of hydrogen-bond donors (Lipinski definition) is 1. The first-order chi connectivity index (χ1) is 10.3. The summed E-state index contributed by atoms with van der Waals surface area (Å²) in [4.78, 5) is 0. The maximum absolute atomic E-state index is 6.29. The Balaban J connectivity index is 1.57. The van der Waals surface area contributed by atoms with Crippen molar-refractivity contribution in [3.63, 3.8) is 0 Å². The zero-order valence-corrected chi connectivity index (χ0v) is 13.0. The lowest BCUT2D eigenvalue weighted by atomic mass is 10.0. The third-order valence-electron chi connectivity index (χ3n) is 3.88. The molecule has 0 aliphatic carbocycles. The second-order valence-corrected chi connectivity index (χ2v) is 6.08. The van der Waals surface area contributed by atoms with Gasteiger partial charge in [0.05, 0.1) is 24.8 Å². The van der Waals surface area contributed by atoms with Crippen LogP contribution in [0.3, 0.4) is 0 Å². The van der Waals surface area contributed by atoms with Gasteiger partial charge in [-0.25, -0.2) is 0 Å². The van der Waals surface area contributed by atoms with E-state index in [4.69, 9.17) is 25.8 Å². The Bertz CT molecular complexity index is 475. The highest BCUT2D eigenvalue weighted by molar-refractivity contribution is 6.32. The fourth-order valence-corrected chi connectivity index (χ4v) is 3.06. The van der Waals surface area contributed by atoms with Gasteiger partial charge in [0.1, 0.15) is 0 Å². The van der Waals surface area contributed by atoms with Crippen molar-refractivity contribution in [1.82, 2.24) is 5.32 Å². The summed E-state index contributed by atoms with van der Waals surface area (Å²) in [5.41, 5.74) is 1.13. The van der Waals surface area contributed by atoms with E-state index in [1.807, 2.05) is 12.1 Å². The fourth-order valence-electron chi connectivity index (χ4n) is 2.78. The molecule has 0 radical (unpaired) electrons. The molecule has 0 amide bonds. The maximum atomic E-state index is 6.29. The molecule has 4 nitrogen and oxygen atoms in total. The van der Waals surface area contributed by atoms with E-state index in [0.29, 0.717) is 29.9 Å². The van der Waals surface area contributed by atoms with Crippen molar-refractivity contribution >= 4 is 11.6 Å². The summed E-state index contributed by atoms with van der Waals surface area (Å²) in [7, 11) is 0. The molecule has 3 rings (SSSR count). The first-order valence-corrected chi connectivity index (χ1v) is 8.07. The van der Waals surface area contributed by atoms with Crippen molar-refractivity contribution in [2.24, 2.45) is 5.92 Å². The molecule has 0 saturated carbocycles. The summed E-state index contributed by atoms with van der Waals surface area (Å²) < 4.78 is 16.8. The summed E-state index contributed by atoms with van der Waals surface area (Å²) in [6.45, 7) is 4.88. The maximum Gasteiger partial charge on any atom is 0.179 e. The number of fused-ring (bicyclic) bond motifs is 1. The van der Waals surface area contributed by atoms with Gasteiger partial charge in [0.2, 0.25) is 0 Å². The van der Waals surface area contributed by atoms with Gasteiger partial charge < -0.3 is 19.5 Å². The SMILES string of the molecule is Clc1cc(CNCC2CCCOC2)cc2c1OCCCO2. The smallest absolute Gasteiger partial charge is 0.179 e. The van der Waals surface area contributed by atoms with Crippen molar-refractivity contribution in [2.75, 3.05) is 33.0 Å². The second-order valence-electron chi connectivity index (χ2n) is 5.67. The molecule has 116 valence electrons. The van der Waals surface area contributed by atoms with Gasteiger partial charge in [0.15, 0.2) is 11.5 Å². The zero-order valence-electron chi connectivity index (χ0n) is 12.2. The molecule has 1 fully saturated rings. The third kappa shape index (κ3) is 4.02. The van der Waals surface area contributed by atoms with Crippen LogP contribution in [-0.2, 0) is 11.3 Å². The average Bonchev–Trinajstić information content (AvgIpc) is 2.74. The second kappa shape index (κ2) is 7.34. The summed E-state index contributed by atoms with van der Waals surface area (Å²) in [5.74, 6) is 2.06. The number of halogens is 1. The summed E-state index contributed by atoms with van der Waals surface area (Å²) in [6, 6.07) is 3.98. The molecule has 2 aliphatic heterocycles. The van der Waals surface area contributed by atoms with Gasteiger partial charge in [-0.2, -0.15) is 0 Å². The van der Waals surface area contributed by atoms with Gasteiger partial charge in [0.25, 0.3) is 0 Å². The average molecular weight is 312 g/mol. The topological polar surface area (TPSA) is 39.7 Å². The minimum Gasteiger partial charge on any atom is -0.489 e. The number of rotatable bonds is 4. The molecule has 5 heteroatoms. The van der Waals surface area contributed by atoms with Crippen LogP contribution in [0.1, 0.15) is 24.8 Å². The summed E-state index contributed by atoms with van der Waals surface area (Å²) >= 11 is 6.29. The van der Waals surface area contributed by atoms with Crippen molar-refractivity contribution in [3.05, 3.63) is 22.7 Å². The Morgan fingerprint density at radius 2 is 2.05 bits per heavy atom. The highest BCUT2D eigenvalue weighted by Gasteiger charge is 2.16. The van der Waals surface area contributed by atoms with E-state index < -0.39 is 0 Å². The minimum atomic E-state index is 0.620. The number of hydrogen-bond acceptors (Lipinski definition) is 4. The highest BCUT2D eigenvalue weighted by Crippen LogP contribution is 2.37. The van der Waals surface area contributed by atoms with Crippen LogP contribution in [0.2, 0.25) is 5.02 Å². The Hall–Kier alpha value is -0.970. The van der Waals surface area contributed by atoms with Gasteiger partial charge in [-0.15, -0.1) is 0 Å². The fraction of sp³-hybridized carbons (Fsp3) is 0.625. The van der Waals surface area contributed by atoms with Gasteiger partial charge in [-0.1, -0.05) is 11.6 Å². The van der Waals surface area contributed by atoms with E-state index in [1.54, 1.807) is 0 Å². The third-order valence-corrected chi connectivity index (χ3v) is 4.16. The summed E-state index contributed by atoms with van der Waals surface area (Å²) in [5, 5.41) is 4.12. The molecule has 0 bridgehead atoms. The molecule has 1 unspecified atom stereocenters. The molecule has 21 heavy (non-hydrogen) atoms. The lowest BCUT2D eigenvalue weighted by Crippen LogP contribution is -2.28. The van der Waals surface area contributed by atoms with Gasteiger partial charge in [-0.3, -0.25) is 0 Å². The number of ether oxygens (including phenoxy) is 3. The summed E-state index contributed by atoms with van der Waals surface area (Å²) in [6.07, 6.45) is 3.30. The first kappa shape index (κ1) is 14.9. The van der Waals surface area contributed by atoms with Crippen LogP contribution in [-0.4, -0.2) is 33.0 Å². The molecule has 1 aromatic rings. The van der Waals surface area contributed by atoms with Crippen LogP contribution >= 0.6 is 11.6 Å². The molecular weight excluding hydrogens is 290 g/mol. The molecule has 1 aromatic carbocycles. The van der Waals surface area contributed by atoms with E-state index in [1.165, 1.54) is 12.8 Å². The molecule has 2 aliphatic rings. The minimum absolute atomic E-state index is 0.620. The quantitative estimate of drug-likeness (QED) is 0.928. The Morgan fingerprint density at radius 3 is 2.90 bits per heavy atom. The van der Waals surface area contributed by atoms with Crippen molar-refractivity contribution in [3.8, 4) is 11.5 Å². The normalized spacial score (nSPS) is 21.9. The van der Waals surface area contributed by atoms with Gasteiger partial charge in [-0.05, 0) is 36.5 Å². The predicted molar refractivity (Wildman–Crippen MR) is 82.3 cm³/mol. The number of nitrogens with one attached hydrogen (secondary N) is 1. The van der Waals surface area contributed by atoms with Gasteiger partial charge in [0, 0.05) is 26.1 Å². The van der Waals surface area contributed by atoms with E-state index in [0.717, 1.165) is 44.0 Å². The molecule has 1 saturated heterocycles. The van der Waals surface area contributed by atoms with E-state index in [-0.39, 0.29) is 0 Å². The van der Waals surface area contributed by atoms with Crippen LogP contribution in [0.4, 0.5) is 0 Å². The van der Waals surface area contributed by atoms with E-state index in [9.17, 15) is 0 Å². The Kier molecular flexibility index (Phi) is 5.22. The molecule has 1 N–H and O–H groups in total. The zero-order chi connectivity index (χ0) is 14.5. The molecule has 1 atom stereocenters. The standard InChI is InChI=1S/C16H22ClNO3/c17-14-7-13(8-15-16(14)21-6-2-5-20-15)10-18-9-12-3-1-4-19-11-12/h7-8,12,18H,1-6,9-11H2. The highest BCUT2D eigenvalue weighted by atomic mass is 35.5. The lowest BCUT2D eigenvalue weighted by molar-refractivity contribution is 0.0547. The lowest BCUT2D eigenvalue weighted by Gasteiger charge is -2.22. The van der Waals surface area contributed by atoms with Gasteiger partial charge >= 0.3 is 0 Å². The molecular formula is C16H22ClNO3. The number of benzene rings is 1. The first-order valence-electron chi connectivity index (χ1n) is 7.69. The predicted octanol–water partition coefficient (Wildman–Crippen LogP) is 3.02. The van der Waals surface area contributed by atoms with Crippen molar-refractivity contribution in [2.45, 2.75) is 25.8 Å². The molecule has 0 spiro atoms. The van der Waals surface area contributed by atoms with Crippen LogP contribution in [0, 0.1) is 5.92 Å². The van der Waals surface area contributed by atoms with Crippen molar-refractivity contribution in [1.29, 1.82) is 0 Å². The van der Waals surface area contributed by atoms with Crippen LogP contribution in [0.5, 0.6) is 11.5 Å². The van der Waals surface area contributed by atoms with Crippen molar-refractivity contribution < 1.29 is 14.2 Å². The molecule has 2 heterocycles. The largest absolute Gasteiger partial charge is 0.489 e.